The van der Waals surface area contributed by atoms with E-state index in [0.29, 0.717) is 12.2 Å². The summed E-state index contributed by atoms with van der Waals surface area (Å²) in [7, 11) is 3.23. The number of nitriles is 1. The van der Waals surface area contributed by atoms with E-state index in [1.165, 1.54) is 0 Å². The maximum atomic E-state index is 9.07. The lowest BCUT2D eigenvalue weighted by Crippen LogP contribution is -2.13. The molecule has 0 saturated heterocycles. The van der Waals surface area contributed by atoms with Gasteiger partial charge in [-0.15, -0.1) is 0 Å². The number of rotatable bonds is 4. The van der Waals surface area contributed by atoms with Gasteiger partial charge in [-0.2, -0.15) is 5.26 Å². The first kappa shape index (κ1) is 14.1. The SMILES string of the molecule is COc1cc(I)c(CC(C)(C)C#N)cc1OC. The Kier molecular flexibility index (Phi) is 4.63. The highest BCUT2D eigenvalue weighted by atomic mass is 127. The van der Waals surface area contributed by atoms with E-state index in [9.17, 15) is 0 Å². The van der Waals surface area contributed by atoms with Crippen LogP contribution in [-0.2, 0) is 6.42 Å². The Balaban J connectivity index is 3.14. The summed E-state index contributed by atoms with van der Waals surface area (Å²) in [6.45, 7) is 3.86. The van der Waals surface area contributed by atoms with Crippen LogP contribution < -0.4 is 9.47 Å². The van der Waals surface area contributed by atoms with Gasteiger partial charge in [-0.1, -0.05) is 0 Å². The van der Waals surface area contributed by atoms with Crippen molar-refractivity contribution >= 4 is 22.6 Å². The summed E-state index contributed by atoms with van der Waals surface area (Å²) in [6.07, 6.45) is 0.697. The fourth-order valence-corrected chi connectivity index (χ4v) is 2.18. The zero-order valence-corrected chi connectivity index (χ0v) is 12.7. The van der Waals surface area contributed by atoms with Gasteiger partial charge < -0.3 is 9.47 Å². The molecule has 0 aliphatic carbocycles. The molecule has 1 rings (SSSR count). The molecule has 4 heteroatoms. The summed E-state index contributed by atoms with van der Waals surface area (Å²) in [5.41, 5.74) is 0.731. The van der Waals surface area contributed by atoms with E-state index >= 15 is 0 Å². The molecule has 0 aliphatic rings. The lowest BCUT2D eigenvalue weighted by molar-refractivity contribution is 0.353. The van der Waals surface area contributed by atoms with Gasteiger partial charge in [0.25, 0.3) is 0 Å². The zero-order valence-electron chi connectivity index (χ0n) is 10.5. The van der Waals surface area contributed by atoms with Gasteiger partial charge in [0.05, 0.1) is 25.7 Å². The summed E-state index contributed by atoms with van der Waals surface area (Å²) in [5.74, 6) is 1.42. The molecule has 0 unspecified atom stereocenters. The molecule has 0 atom stereocenters. The van der Waals surface area contributed by atoms with Crippen LogP contribution in [0.3, 0.4) is 0 Å². The van der Waals surface area contributed by atoms with Crippen molar-refractivity contribution in [3.8, 4) is 17.6 Å². The van der Waals surface area contributed by atoms with E-state index in [1.807, 2.05) is 26.0 Å². The molecule has 3 nitrogen and oxygen atoms in total. The van der Waals surface area contributed by atoms with Gasteiger partial charge in [0.2, 0.25) is 0 Å². The number of halogens is 1. The molecule has 17 heavy (non-hydrogen) atoms. The molecule has 92 valence electrons. The van der Waals surface area contributed by atoms with Crippen LogP contribution in [0.5, 0.6) is 11.5 Å². The summed E-state index contributed by atoms with van der Waals surface area (Å²) in [6, 6.07) is 6.18. The van der Waals surface area contributed by atoms with Crippen LogP contribution in [0.15, 0.2) is 12.1 Å². The van der Waals surface area contributed by atoms with Crippen molar-refractivity contribution in [2.75, 3.05) is 14.2 Å². The maximum absolute atomic E-state index is 9.07. The van der Waals surface area contributed by atoms with E-state index in [2.05, 4.69) is 28.7 Å². The Morgan fingerprint density at radius 1 is 1.24 bits per heavy atom. The van der Waals surface area contributed by atoms with Crippen LogP contribution in [0.2, 0.25) is 0 Å². The number of hydrogen-bond donors (Lipinski definition) is 0. The standard InChI is InChI=1S/C13H16INO2/c1-13(2,8-15)7-9-5-11(16-3)12(17-4)6-10(9)14/h5-6H,7H2,1-4H3. The molecule has 1 aromatic rings. The largest absolute Gasteiger partial charge is 0.493 e. The van der Waals surface area contributed by atoms with Gasteiger partial charge in [0.15, 0.2) is 11.5 Å². The highest BCUT2D eigenvalue weighted by Crippen LogP contribution is 2.34. The normalized spacial score (nSPS) is 10.8. The molecule has 0 bridgehead atoms. The topological polar surface area (TPSA) is 42.2 Å². The number of ether oxygens (including phenoxy) is 2. The lowest BCUT2D eigenvalue weighted by Gasteiger charge is -2.18. The minimum Gasteiger partial charge on any atom is -0.493 e. The monoisotopic (exact) mass is 345 g/mol. The summed E-state index contributed by atoms with van der Waals surface area (Å²) < 4.78 is 11.6. The Labute approximate surface area is 116 Å². The van der Waals surface area contributed by atoms with Crippen LogP contribution in [0.4, 0.5) is 0 Å². The molecule has 0 amide bonds. The molecule has 0 fully saturated rings. The second kappa shape index (κ2) is 5.58. The van der Waals surface area contributed by atoms with Crippen molar-refractivity contribution in [1.29, 1.82) is 5.26 Å². The minimum atomic E-state index is -0.375. The minimum absolute atomic E-state index is 0.375. The number of methoxy groups -OCH3 is 2. The fraction of sp³-hybridized carbons (Fsp3) is 0.462. The molecular formula is C13H16INO2. The molecule has 0 radical (unpaired) electrons. The van der Waals surface area contributed by atoms with Gasteiger partial charge >= 0.3 is 0 Å². The Bertz CT molecular complexity index is 449. The zero-order chi connectivity index (χ0) is 13.1. The van der Waals surface area contributed by atoms with E-state index in [4.69, 9.17) is 14.7 Å². The van der Waals surface area contributed by atoms with Crippen LogP contribution in [0.1, 0.15) is 19.4 Å². The predicted molar refractivity (Wildman–Crippen MR) is 75.4 cm³/mol. The maximum Gasteiger partial charge on any atom is 0.161 e. The second-order valence-corrected chi connectivity index (χ2v) is 5.63. The highest BCUT2D eigenvalue weighted by molar-refractivity contribution is 14.1. The third-order valence-corrected chi connectivity index (χ3v) is 3.49. The van der Waals surface area contributed by atoms with Crippen LogP contribution in [0, 0.1) is 20.3 Å². The highest BCUT2D eigenvalue weighted by Gasteiger charge is 2.20. The second-order valence-electron chi connectivity index (χ2n) is 4.47. The molecule has 0 saturated carbocycles. The van der Waals surface area contributed by atoms with Gasteiger partial charge in [-0.3, -0.25) is 0 Å². The molecule has 0 spiro atoms. The average molecular weight is 345 g/mol. The fourth-order valence-electron chi connectivity index (χ4n) is 1.55. The third-order valence-electron chi connectivity index (χ3n) is 2.49. The molecule has 0 heterocycles. The van der Waals surface area contributed by atoms with Gasteiger partial charge in [-0.25, -0.2) is 0 Å². The van der Waals surface area contributed by atoms with Gasteiger partial charge in [0, 0.05) is 3.57 Å². The van der Waals surface area contributed by atoms with Gasteiger partial charge in [-0.05, 0) is 60.6 Å². The average Bonchev–Trinajstić information content (AvgIpc) is 2.31. The Morgan fingerprint density at radius 2 is 1.76 bits per heavy atom. The van der Waals surface area contributed by atoms with E-state index in [0.717, 1.165) is 14.9 Å². The summed E-state index contributed by atoms with van der Waals surface area (Å²) >= 11 is 2.25. The third kappa shape index (κ3) is 3.50. The molecular weight excluding hydrogens is 329 g/mol. The van der Waals surface area contributed by atoms with Crippen molar-refractivity contribution in [2.24, 2.45) is 5.41 Å². The first-order valence-corrected chi connectivity index (χ1v) is 6.33. The molecule has 1 aromatic carbocycles. The number of benzene rings is 1. The van der Waals surface area contributed by atoms with E-state index < -0.39 is 0 Å². The van der Waals surface area contributed by atoms with E-state index in [1.54, 1.807) is 14.2 Å². The Hall–Kier alpha value is -0.960. The van der Waals surface area contributed by atoms with Crippen molar-refractivity contribution in [2.45, 2.75) is 20.3 Å². The van der Waals surface area contributed by atoms with Crippen LogP contribution in [0.25, 0.3) is 0 Å². The van der Waals surface area contributed by atoms with Crippen molar-refractivity contribution in [1.82, 2.24) is 0 Å². The molecule has 0 aliphatic heterocycles. The first-order valence-electron chi connectivity index (χ1n) is 5.25. The number of nitrogens with zero attached hydrogens (tertiary/aromatic N) is 1. The van der Waals surface area contributed by atoms with Crippen LogP contribution >= 0.6 is 22.6 Å². The summed E-state index contributed by atoms with van der Waals surface area (Å²) in [5, 5.41) is 9.07. The number of hydrogen-bond acceptors (Lipinski definition) is 3. The van der Waals surface area contributed by atoms with Gasteiger partial charge in [0.1, 0.15) is 0 Å². The van der Waals surface area contributed by atoms with Crippen molar-refractivity contribution in [3.63, 3.8) is 0 Å². The van der Waals surface area contributed by atoms with Crippen molar-refractivity contribution in [3.05, 3.63) is 21.3 Å². The predicted octanol–water partition coefficient (Wildman–Crippen LogP) is 3.40. The first-order chi connectivity index (χ1) is 7.93. The smallest absolute Gasteiger partial charge is 0.161 e. The van der Waals surface area contributed by atoms with E-state index in [-0.39, 0.29) is 5.41 Å². The molecule has 0 N–H and O–H groups in total. The van der Waals surface area contributed by atoms with Crippen molar-refractivity contribution < 1.29 is 9.47 Å². The quantitative estimate of drug-likeness (QED) is 0.786. The lowest BCUT2D eigenvalue weighted by atomic mass is 9.87. The Morgan fingerprint density at radius 3 is 2.24 bits per heavy atom. The summed E-state index contributed by atoms with van der Waals surface area (Å²) in [4.78, 5) is 0. The van der Waals surface area contributed by atoms with Crippen LogP contribution in [-0.4, -0.2) is 14.2 Å². The molecule has 0 aromatic heterocycles.